The predicted molar refractivity (Wildman–Crippen MR) is 91.3 cm³/mol. The second-order valence-corrected chi connectivity index (χ2v) is 6.71. The maximum Gasteiger partial charge on any atom is 0.141 e. The first kappa shape index (κ1) is 13.7. The first-order valence-electron chi connectivity index (χ1n) is 8.33. The summed E-state index contributed by atoms with van der Waals surface area (Å²) in [5.41, 5.74) is 3.63. The van der Waals surface area contributed by atoms with Gasteiger partial charge in [0.15, 0.2) is 0 Å². The van der Waals surface area contributed by atoms with Crippen LogP contribution < -0.4 is 10.1 Å². The van der Waals surface area contributed by atoms with E-state index >= 15 is 0 Å². The molecule has 2 bridgehead atoms. The number of nitrogens with one attached hydrogen (secondary N) is 1. The van der Waals surface area contributed by atoms with E-state index in [-0.39, 0.29) is 0 Å². The first-order valence-corrected chi connectivity index (χ1v) is 8.33. The lowest BCUT2D eigenvalue weighted by molar-refractivity contribution is 0.410. The molecule has 2 aliphatic carbocycles. The molecular weight excluding hydrogens is 270 g/mol. The Bertz CT molecular complexity index is 652. The molecule has 2 heteroatoms. The number of anilines is 1. The van der Waals surface area contributed by atoms with Crippen LogP contribution in [0.2, 0.25) is 0 Å². The molecule has 0 heterocycles. The Kier molecular flexibility index (Phi) is 3.53. The largest absolute Gasteiger partial charge is 0.495 e. The molecule has 2 aromatic carbocycles. The van der Waals surface area contributed by atoms with Gasteiger partial charge >= 0.3 is 0 Å². The third-order valence-corrected chi connectivity index (χ3v) is 5.39. The van der Waals surface area contributed by atoms with Gasteiger partial charge in [0, 0.05) is 6.04 Å². The standard InChI is InChI=1S/C20H23NO/c1-22-20-10-9-16(15-5-3-2-4-6-15)13-19(20)21-18-12-14-7-8-17(18)11-14/h2-6,9-10,13-14,17-18,21H,7-8,11-12H2,1H3/t14-,17-,18+/m0/s1. The van der Waals surface area contributed by atoms with Crippen LogP contribution in [0.3, 0.4) is 0 Å². The Hall–Kier alpha value is -1.96. The molecule has 4 rings (SSSR count). The van der Waals surface area contributed by atoms with Crippen LogP contribution in [0.1, 0.15) is 25.7 Å². The van der Waals surface area contributed by atoms with Gasteiger partial charge in [-0.1, -0.05) is 42.8 Å². The molecule has 0 saturated heterocycles. The maximum atomic E-state index is 5.56. The summed E-state index contributed by atoms with van der Waals surface area (Å²) in [5, 5.41) is 3.78. The van der Waals surface area contributed by atoms with E-state index in [0.717, 1.165) is 23.3 Å². The second-order valence-electron chi connectivity index (χ2n) is 6.71. The van der Waals surface area contributed by atoms with Crippen molar-refractivity contribution in [2.24, 2.45) is 11.8 Å². The Labute approximate surface area is 132 Å². The summed E-state index contributed by atoms with van der Waals surface area (Å²) in [6.07, 6.45) is 5.56. The van der Waals surface area contributed by atoms with Crippen LogP contribution in [0.15, 0.2) is 48.5 Å². The minimum Gasteiger partial charge on any atom is -0.495 e. The van der Waals surface area contributed by atoms with Gasteiger partial charge in [0.1, 0.15) is 5.75 Å². The molecule has 0 aliphatic heterocycles. The van der Waals surface area contributed by atoms with E-state index in [0.29, 0.717) is 6.04 Å². The van der Waals surface area contributed by atoms with Gasteiger partial charge in [-0.3, -0.25) is 0 Å². The van der Waals surface area contributed by atoms with Crippen LogP contribution in [0, 0.1) is 11.8 Å². The normalized spacial score (nSPS) is 26.1. The van der Waals surface area contributed by atoms with Crippen LogP contribution in [0.5, 0.6) is 5.75 Å². The Morgan fingerprint density at radius 3 is 2.50 bits per heavy atom. The zero-order valence-corrected chi connectivity index (χ0v) is 13.1. The fourth-order valence-corrected chi connectivity index (χ4v) is 4.25. The lowest BCUT2D eigenvalue weighted by atomic mass is 9.95. The predicted octanol–water partition coefficient (Wildman–Crippen LogP) is 4.96. The number of benzene rings is 2. The molecule has 2 aromatic rings. The highest BCUT2D eigenvalue weighted by molar-refractivity contribution is 5.72. The molecule has 2 aliphatic rings. The third kappa shape index (κ3) is 2.47. The number of ether oxygens (including phenoxy) is 1. The molecule has 3 atom stereocenters. The van der Waals surface area contributed by atoms with E-state index in [9.17, 15) is 0 Å². The van der Waals surface area contributed by atoms with Gasteiger partial charge in [-0.2, -0.15) is 0 Å². The summed E-state index contributed by atoms with van der Waals surface area (Å²) in [6, 6.07) is 17.6. The average Bonchev–Trinajstić information content (AvgIpc) is 3.18. The summed E-state index contributed by atoms with van der Waals surface area (Å²) >= 11 is 0. The lowest BCUT2D eigenvalue weighted by Crippen LogP contribution is -2.26. The molecule has 0 radical (unpaired) electrons. The topological polar surface area (TPSA) is 21.3 Å². The summed E-state index contributed by atoms with van der Waals surface area (Å²) in [4.78, 5) is 0. The van der Waals surface area contributed by atoms with Crippen LogP contribution in [-0.4, -0.2) is 13.2 Å². The molecule has 114 valence electrons. The molecule has 2 nitrogen and oxygen atoms in total. The van der Waals surface area contributed by atoms with Gasteiger partial charge in [0.25, 0.3) is 0 Å². The summed E-state index contributed by atoms with van der Waals surface area (Å²) in [7, 11) is 1.75. The zero-order chi connectivity index (χ0) is 14.9. The summed E-state index contributed by atoms with van der Waals surface area (Å²) in [5.74, 6) is 2.75. The van der Waals surface area contributed by atoms with Crippen molar-refractivity contribution in [3.63, 3.8) is 0 Å². The fourth-order valence-electron chi connectivity index (χ4n) is 4.25. The van der Waals surface area contributed by atoms with E-state index in [4.69, 9.17) is 4.74 Å². The van der Waals surface area contributed by atoms with E-state index in [2.05, 4.69) is 53.8 Å². The van der Waals surface area contributed by atoms with Crippen LogP contribution >= 0.6 is 0 Å². The van der Waals surface area contributed by atoms with Gasteiger partial charge in [0.2, 0.25) is 0 Å². The minimum absolute atomic E-state index is 0.624. The molecule has 0 spiro atoms. The molecular formula is C20H23NO. The quantitative estimate of drug-likeness (QED) is 0.860. The SMILES string of the molecule is COc1ccc(-c2ccccc2)cc1N[C@@H]1C[C@H]2CC[C@H]1C2. The number of methoxy groups -OCH3 is 1. The van der Waals surface area contributed by atoms with Gasteiger partial charge in [-0.25, -0.2) is 0 Å². The van der Waals surface area contributed by atoms with Crippen molar-refractivity contribution in [3.8, 4) is 16.9 Å². The Morgan fingerprint density at radius 1 is 0.955 bits per heavy atom. The van der Waals surface area contributed by atoms with E-state index < -0.39 is 0 Å². The van der Waals surface area contributed by atoms with Crippen molar-refractivity contribution in [2.75, 3.05) is 12.4 Å². The van der Waals surface area contributed by atoms with Gasteiger partial charge in [0.05, 0.1) is 12.8 Å². The number of fused-ring (bicyclic) bond motifs is 2. The van der Waals surface area contributed by atoms with E-state index in [1.807, 2.05) is 0 Å². The highest BCUT2D eigenvalue weighted by Gasteiger charge is 2.39. The summed E-state index contributed by atoms with van der Waals surface area (Å²) in [6.45, 7) is 0. The summed E-state index contributed by atoms with van der Waals surface area (Å²) < 4.78 is 5.56. The first-order chi connectivity index (χ1) is 10.8. The smallest absolute Gasteiger partial charge is 0.141 e. The van der Waals surface area contributed by atoms with Crippen molar-refractivity contribution in [1.82, 2.24) is 0 Å². The Morgan fingerprint density at radius 2 is 1.82 bits per heavy atom. The van der Waals surface area contributed by atoms with Crippen molar-refractivity contribution in [3.05, 3.63) is 48.5 Å². The lowest BCUT2D eigenvalue weighted by Gasteiger charge is -2.25. The van der Waals surface area contributed by atoms with Crippen LogP contribution in [0.4, 0.5) is 5.69 Å². The molecule has 0 aromatic heterocycles. The molecule has 2 fully saturated rings. The fraction of sp³-hybridized carbons (Fsp3) is 0.400. The Balaban J connectivity index is 1.62. The van der Waals surface area contributed by atoms with Gasteiger partial charge in [-0.15, -0.1) is 0 Å². The van der Waals surface area contributed by atoms with Crippen molar-refractivity contribution < 1.29 is 4.74 Å². The highest BCUT2D eigenvalue weighted by Crippen LogP contribution is 2.46. The maximum absolute atomic E-state index is 5.56. The molecule has 22 heavy (non-hydrogen) atoms. The number of hydrogen-bond donors (Lipinski definition) is 1. The van der Waals surface area contributed by atoms with Crippen molar-refractivity contribution in [2.45, 2.75) is 31.7 Å². The highest BCUT2D eigenvalue weighted by atomic mass is 16.5. The van der Waals surface area contributed by atoms with Crippen molar-refractivity contribution in [1.29, 1.82) is 0 Å². The monoisotopic (exact) mass is 293 g/mol. The minimum atomic E-state index is 0.624. The van der Waals surface area contributed by atoms with Crippen LogP contribution in [0.25, 0.3) is 11.1 Å². The van der Waals surface area contributed by atoms with Crippen molar-refractivity contribution >= 4 is 5.69 Å². The van der Waals surface area contributed by atoms with Crippen LogP contribution in [-0.2, 0) is 0 Å². The number of rotatable bonds is 4. The second kappa shape index (κ2) is 5.68. The molecule has 0 amide bonds. The number of hydrogen-bond acceptors (Lipinski definition) is 2. The molecule has 0 unspecified atom stereocenters. The average molecular weight is 293 g/mol. The molecule has 1 N–H and O–H groups in total. The third-order valence-electron chi connectivity index (χ3n) is 5.39. The molecule has 2 saturated carbocycles. The van der Waals surface area contributed by atoms with E-state index in [1.54, 1.807) is 7.11 Å². The van der Waals surface area contributed by atoms with Gasteiger partial charge in [-0.05, 0) is 54.4 Å². The van der Waals surface area contributed by atoms with Gasteiger partial charge < -0.3 is 10.1 Å². The zero-order valence-electron chi connectivity index (χ0n) is 13.1. The van der Waals surface area contributed by atoms with E-state index in [1.165, 1.54) is 36.8 Å².